The molecular weight excluding hydrogens is 382 g/mol. The first-order valence-electron chi connectivity index (χ1n) is 9.80. The Labute approximate surface area is 178 Å². The van der Waals surface area contributed by atoms with Crippen LogP contribution in [0.15, 0.2) is 51.6 Å². The average molecular weight is 414 g/mol. The third-order valence-corrected chi connectivity index (χ3v) is 5.06. The lowest BCUT2D eigenvalue weighted by molar-refractivity contribution is 0.0656. The summed E-state index contributed by atoms with van der Waals surface area (Å²) >= 11 is 1.69. The number of ether oxygens (including phenoxy) is 2. The van der Waals surface area contributed by atoms with Gasteiger partial charge in [-0.25, -0.2) is 0 Å². The molecule has 2 aromatic heterocycles. The first-order chi connectivity index (χ1) is 14.0. The van der Waals surface area contributed by atoms with Gasteiger partial charge >= 0.3 is 0 Å². The second kappa shape index (κ2) is 12.5. The van der Waals surface area contributed by atoms with Crippen LogP contribution < -0.4 is 0 Å². The number of nitrogens with zero attached hydrogens (tertiary/aromatic N) is 1. The Kier molecular flexibility index (Phi) is 9.96. The fraction of sp³-hybridized carbons (Fsp3) is 0.417. The normalized spacial score (nSPS) is 12.2. The molecule has 0 aromatic carbocycles. The van der Waals surface area contributed by atoms with Crippen molar-refractivity contribution in [3.8, 4) is 11.8 Å². The Hall–Kier alpha value is -2.10. The third-order valence-electron chi connectivity index (χ3n) is 4.35. The summed E-state index contributed by atoms with van der Waals surface area (Å²) in [6.07, 6.45) is 7.90. The minimum Gasteiger partial charge on any atom is -0.462 e. The van der Waals surface area contributed by atoms with Gasteiger partial charge in [0.1, 0.15) is 18.1 Å². The van der Waals surface area contributed by atoms with Crippen LogP contribution in [0.1, 0.15) is 37.9 Å². The molecule has 2 heterocycles. The third kappa shape index (κ3) is 9.29. The summed E-state index contributed by atoms with van der Waals surface area (Å²) in [5.74, 6) is 8.02. The maximum atomic E-state index is 5.89. The largest absolute Gasteiger partial charge is 0.462 e. The minimum absolute atomic E-state index is 0.286. The van der Waals surface area contributed by atoms with Crippen molar-refractivity contribution in [1.29, 1.82) is 0 Å². The summed E-state index contributed by atoms with van der Waals surface area (Å²) in [5, 5.41) is 4.17. The molecule has 2 rings (SSSR count). The molecule has 0 amide bonds. The van der Waals surface area contributed by atoms with Crippen LogP contribution in [0, 0.1) is 11.8 Å². The minimum atomic E-state index is -0.286. The van der Waals surface area contributed by atoms with Gasteiger partial charge in [-0.3, -0.25) is 4.90 Å². The monoisotopic (exact) mass is 413 g/mol. The highest BCUT2D eigenvalue weighted by Crippen LogP contribution is 2.12. The fourth-order valence-corrected chi connectivity index (χ4v) is 3.02. The van der Waals surface area contributed by atoms with Crippen LogP contribution in [-0.2, 0) is 22.6 Å². The van der Waals surface area contributed by atoms with Crippen molar-refractivity contribution in [1.82, 2.24) is 4.90 Å². The van der Waals surface area contributed by atoms with E-state index in [9.17, 15) is 0 Å². The van der Waals surface area contributed by atoms with Gasteiger partial charge in [0, 0.05) is 7.11 Å². The van der Waals surface area contributed by atoms with Crippen LogP contribution in [-0.4, -0.2) is 37.3 Å². The van der Waals surface area contributed by atoms with Gasteiger partial charge in [-0.15, -0.1) is 0 Å². The van der Waals surface area contributed by atoms with Gasteiger partial charge < -0.3 is 13.9 Å². The van der Waals surface area contributed by atoms with E-state index in [1.807, 2.05) is 44.2 Å². The van der Waals surface area contributed by atoms with E-state index in [1.165, 1.54) is 5.56 Å². The molecule has 0 unspecified atom stereocenters. The molecule has 0 atom stereocenters. The number of methoxy groups -OCH3 is 1. The SMILES string of the molecule is CCN(CC#CC=CC(C)(C)OC)Cc1ccc(COCC=Cc2ccsc2)o1. The van der Waals surface area contributed by atoms with Crippen LogP contribution in [0.4, 0.5) is 0 Å². The van der Waals surface area contributed by atoms with E-state index in [1.54, 1.807) is 18.4 Å². The van der Waals surface area contributed by atoms with Crippen LogP contribution in [0.5, 0.6) is 0 Å². The van der Waals surface area contributed by atoms with Gasteiger partial charge in [0.05, 0.1) is 25.3 Å². The molecule has 0 radical (unpaired) electrons. The van der Waals surface area contributed by atoms with Crippen molar-refractivity contribution in [2.45, 2.75) is 39.5 Å². The highest BCUT2D eigenvalue weighted by Gasteiger charge is 2.10. The van der Waals surface area contributed by atoms with Crippen LogP contribution in [0.25, 0.3) is 6.08 Å². The molecule has 2 aromatic rings. The molecule has 0 spiro atoms. The van der Waals surface area contributed by atoms with Gasteiger partial charge in [0.15, 0.2) is 0 Å². The van der Waals surface area contributed by atoms with Crippen molar-refractivity contribution in [3.63, 3.8) is 0 Å². The lowest BCUT2D eigenvalue weighted by atomic mass is 10.1. The lowest BCUT2D eigenvalue weighted by Crippen LogP contribution is -2.22. The second-order valence-electron chi connectivity index (χ2n) is 7.11. The van der Waals surface area contributed by atoms with E-state index in [-0.39, 0.29) is 5.60 Å². The fourth-order valence-electron chi connectivity index (χ4n) is 2.39. The van der Waals surface area contributed by atoms with E-state index in [4.69, 9.17) is 13.9 Å². The Morgan fingerprint density at radius 3 is 2.79 bits per heavy atom. The van der Waals surface area contributed by atoms with Crippen molar-refractivity contribution in [3.05, 3.63) is 64.3 Å². The van der Waals surface area contributed by atoms with E-state index in [0.717, 1.165) is 24.6 Å². The second-order valence-corrected chi connectivity index (χ2v) is 7.89. The quantitative estimate of drug-likeness (QED) is 0.366. The maximum Gasteiger partial charge on any atom is 0.129 e. The van der Waals surface area contributed by atoms with Crippen LogP contribution >= 0.6 is 11.3 Å². The number of furan rings is 1. The Balaban J connectivity index is 1.73. The van der Waals surface area contributed by atoms with Gasteiger partial charge in [-0.05, 0) is 67.1 Å². The Morgan fingerprint density at radius 2 is 2.07 bits per heavy atom. The first-order valence-corrected chi connectivity index (χ1v) is 10.7. The summed E-state index contributed by atoms with van der Waals surface area (Å²) in [6, 6.07) is 6.07. The molecule has 4 nitrogen and oxygen atoms in total. The summed E-state index contributed by atoms with van der Waals surface area (Å²) in [7, 11) is 1.70. The molecule has 0 aliphatic carbocycles. The molecule has 0 N–H and O–H groups in total. The molecule has 5 heteroatoms. The maximum absolute atomic E-state index is 5.89. The van der Waals surface area contributed by atoms with Gasteiger partial charge in [0.2, 0.25) is 0 Å². The predicted molar refractivity (Wildman–Crippen MR) is 121 cm³/mol. The van der Waals surface area contributed by atoms with Gasteiger partial charge in [-0.1, -0.05) is 30.9 Å². The molecule has 29 heavy (non-hydrogen) atoms. The molecule has 0 saturated carbocycles. The average Bonchev–Trinajstić information content (AvgIpc) is 3.38. The predicted octanol–water partition coefficient (Wildman–Crippen LogP) is 5.38. The summed E-state index contributed by atoms with van der Waals surface area (Å²) in [4.78, 5) is 2.23. The van der Waals surface area contributed by atoms with Crippen molar-refractivity contribution in [2.75, 3.05) is 26.8 Å². The number of rotatable bonds is 11. The van der Waals surface area contributed by atoms with Crippen molar-refractivity contribution >= 4 is 17.4 Å². The molecule has 0 aliphatic heterocycles. The highest BCUT2D eigenvalue weighted by molar-refractivity contribution is 7.08. The zero-order valence-electron chi connectivity index (χ0n) is 17.8. The Bertz CT molecular complexity index is 822. The first kappa shape index (κ1) is 23.2. The highest BCUT2D eigenvalue weighted by atomic mass is 32.1. The zero-order valence-corrected chi connectivity index (χ0v) is 18.6. The number of allylic oxidation sites excluding steroid dienone is 1. The van der Waals surface area contributed by atoms with Gasteiger partial charge in [-0.2, -0.15) is 11.3 Å². The lowest BCUT2D eigenvalue weighted by Gasteiger charge is -2.16. The number of thiophene rings is 1. The van der Waals surface area contributed by atoms with E-state index < -0.39 is 0 Å². The molecular formula is C24H31NO3S. The molecule has 156 valence electrons. The van der Waals surface area contributed by atoms with Gasteiger partial charge in [0.25, 0.3) is 0 Å². The zero-order chi connectivity index (χ0) is 21.0. The van der Waals surface area contributed by atoms with Crippen molar-refractivity contribution < 1.29 is 13.9 Å². The number of hydrogen-bond donors (Lipinski definition) is 0. The van der Waals surface area contributed by atoms with E-state index in [0.29, 0.717) is 19.8 Å². The molecule has 0 aliphatic rings. The number of hydrogen-bond acceptors (Lipinski definition) is 5. The van der Waals surface area contributed by atoms with Crippen molar-refractivity contribution in [2.24, 2.45) is 0 Å². The Morgan fingerprint density at radius 1 is 1.24 bits per heavy atom. The smallest absolute Gasteiger partial charge is 0.129 e. The van der Waals surface area contributed by atoms with E-state index >= 15 is 0 Å². The standard InChI is InChI=1S/C24H31NO3S/c1-5-25(15-8-6-7-14-24(2,3)26-4)18-22-11-12-23(28-22)19-27-16-9-10-21-13-17-29-20-21/h7,9-14,17,20H,5,15-16,18-19H2,1-4H3. The summed E-state index contributed by atoms with van der Waals surface area (Å²) in [5.41, 5.74) is 0.922. The summed E-state index contributed by atoms with van der Waals surface area (Å²) < 4.78 is 16.9. The molecule has 0 fully saturated rings. The van der Waals surface area contributed by atoms with Crippen LogP contribution in [0.3, 0.4) is 0 Å². The molecule has 0 saturated heterocycles. The molecule has 0 bridgehead atoms. The topological polar surface area (TPSA) is 34.8 Å². The van der Waals surface area contributed by atoms with E-state index in [2.05, 4.69) is 46.6 Å². The summed E-state index contributed by atoms with van der Waals surface area (Å²) in [6.45, 7) is 9.49. The van der Waals surface area contributed by atoms with Crippen LogP contribution in [0.2, 0.25) is 0 Å².